The number of carbonyl (C=O) groups excluding carboxylic acids is 2. The van der Waals surface area contributed by atoms with Crippen molar-refractivity contribution >= 4 is 17.4 Å². The fourth-order valence-corrected chi connectivity index (χ4v) is 4.66. The zero-order chi connectivity index (χ0) is 25.1. The Balaban J connectivity index is 1.29. The standard InChI is InChI=1S/C28H28FN3O4/c1-35-26-9-7-20(17-24(26)31-27(34)28(10-11-28)32-12-14-36-15-13-32)25(33)16-19-6-8-23(30-18-19)21-4-2-3-5-22(21)29/h2-9,17-18H,10-16H2,1H3,(H,31,34). The maximum absolute atomic E-state index is 14.0. The van der Waals surface area contributed by atoms with Crippen LogP contribution in [-0.2, 0) is 16.0 Å². The molecule has 2 aliphatic rings. The van der Waals surface area contributed by atoms with Gasteiger partial charge in [-0.3, -0.25) is 19.5 Å². The predicted octanol–water partition coefficient (Wildman–Crippen LogP) is 4.13. The van der Waals surface area contributed by atoms with Crippen LogP contribution < -0.4 is 10.1 Å². The number of pyridine rings is 1. The van der Waals surface area contributed by atoms with Crippen molar-refractivity contribution in [1.82, 2.24) is 9.88 Å². The maximum Gasteiger partial charge on any atom is 0.245 e. The SMILES string of the molecule is COc1ccc(C(=O)Cc2ccc(-c3ccccc3F)nc2)cc1NC(=O)C1(N2CCOCC2)CC1. The molecule has 0 atom stereocenters. The van der Waals surface area contributed by atoms with Gasteiger partial charge in [0.15, 0.2) is 5.78 Å². The van der Waals surface area contributed by atoms with Crippen LogP contribution in [0.15, 0.2) is 60.8 Å². The number of hydrogen-bond donors (Lipinski definition) is 1. The molecular weight excluding hydrogens is 461 g/mol. The second kappa shape index (κ2) is 10.2. The molecule has 186 valence electrons. The smallest absolute Gasteiger partial charge is 0.245 e. The number of halogens is 1. The van der Waals surface area contributed by atoms with Crippen molar-refractivity contribution < 1.29 is 23.5 Å². The Labute approximate surface area is 209 Å². The Kier molecular flexibility index (Phi) is 6.80. The van der Waals surface area contributed by atoms with Crippen molar-refractivity contribution in [2.75, 3.05) is 38.7 Å². The summed E-state index contributed by atoms with van der Waals surface area (Å²) in [6.45, 7) is 2.70. The van der Waals surface area contributed by atoms with Gasteiger partial charge in [-0.15, -0.1) is 0 Å². The first-order chi connectivity index (χ1) is 17.5. The molecule has 1 saturated carbocycles. The molecule has 1 saturated heterocycles. The summed E-state index contributed by atoms with van der Waals surface area (Å²) in [5, 5.41) is 3.01. The van der Waals surface area contributed by atoms with Gasteiger partial charge < -0.3 is 14.8 Å². The van der Waals surface area contributed by atoms with E-state index >= 15 is 0 Å². The van der Waals surface area contributed by atoms with Gasteiger partial charge in [-0.1, -0.05) is 18.2 Å². The quantitative estimate of drug-likeness (QED) is 0.480. The summed E-state index contributed by atoms with van der Waals surface area (Å²) in [4.78, 5) is 32.8. The van der Waals surface area contributed by atoms with Gasteiger partial charge in [-0.2, -0.15) is 0 Å². The van der Waals surface area contributed by atoms with Crippen molar-refractivity contribution in [3.63, 3.8) is 0 Å². The Hall–Kier alpha value is -3.62. The van der Waals surface area contributed by atoms with Crippen LogP contribution in [0.3, 0.4) is 0 Å². The van der Waals surface area contributed by atoms with E-state index in [2.05, 4.69) is 15.2 Å². The third kappa shape index (κ3) is 4.87. The maximum atomic E-state index is 14.0. The van der Waals surface area contributed by atoms with Crippen LogP contribution in [0.4, 0.5) is 10.1 Å². The molecule has 2 aromatic carbocycles. The fourth-order valence-electron chi connectivity index (χ4n) is 4.66. The van der Waals surface area contributed by atoms with Crippen LogP contribution in [-0.4, -0.2) is 60.5 Å². The van der Waals surface area contributed by atoms with Crippen molar-refractivity contribution in [2.24, 2.45) is 0 Å². The number of carbonyl (C=O) groups is 2. The first-order valence-corrected chi connectivity index (χ1v) is 12.1. The highest BCUT2D eigenvalue weighted by Gasteiger charge is 2.54. The monoisotopic (exact) mass is 489 g/mol. The van der Waals surface area contributed by atoms with Gasteiger partial charge >= 0.3 is 0 Å². The molecule has 2 fully saturated rings. The van der Waals surface area contributed by atoms with E-state index < -0.39 is 5.54 Å². The van der Waals surface area contributed by atoms with Gasteiger partial charge in [-0.25, -0.2) is 4.39 Å². The minimum absolute atomic E-state index is 0.0831. The van der Waals surface area contributed by atoms with Gasteiger partial charge in [0.2, 0.25) is 5.91 Å². The molecule has 8 heteroatoms. The minimum atomic E-state index is -0.513. The summed E-state index contributed by atoms with van der Waals surface area (Å²) >= 11 is 0. The number of morpholine rings is 1. The third-order valence-corrected chi connectivity index (χ3v) is 6.87. The number of anilines is 1. The summed E-state index contributed by atoms with van der Waals surface area (Å²) in [5.41, 5.74) is 2.05. The highest BCUT2D eigenvalue weighted by molar-refractivity contribution is 6.03. The van der Waals surface area contributed by atoms with Crippen LogP contribution in [0, 0.1) is 5.82 Å². The lowest BCUT2D eigenvalue weighted by Crippen LogP contribution is -2.51. The van der Waals surface area contributed by atoms with Crippen LogP contribution in [0.2, 0.25) is 0 Å². The topological polar surface area (TPSA) is 80.8 Å². The van der Waals surface area contributed by atoms with Crippen molar-refractivity contribution in [1.29, 1.82) is 0 Å². The van der Waals surface area contributed by atoms with Crippen LogP contribution in [0.1, 0.15) is 28.8 Å². The Morgan fingerprint density at radius 3 is 2.56 bits per heavy atom. The highest BCUT2D eigenvalue weighted by atomic mass is 19.1. The molecule has 0 bridgehead atoms. The number of nitrogens with one attached hydrogen (secondary N) is 1. The summed E-state index contributed by atoms with van der Waals surface area (Å²) < 4.78 is 24.9. The summed E-state index contributed by atoms with van der Waals surface area (Å²) in [6.07, 6.45) is 3.32. The van der Waals surface area contributed by atoms with Crippen LogP contribution in [0.25, 0.3) is 11.3 Å². The first-order valence-electron chi connectivity index (χ1n) is 12.1. The molecule has 1 amide bonds. The molecule has 1 aliphatic carbocycles. The van der Waals surface area contributed by atoms with E-state index in [9.17, 15) is 14.0 Å². The normalized spacial score (nSPS) is 16.8. The molecule has 3 aromatic rings. The number of rotatable bonds is 8. The molecule has 5 rings (SSSR count). The fraction of sp³-hybridized carbons (Fsp3) is 0.321. The number of hydrogen-bond acceptors (Lipinski definition) is 6. The van der Waals surface area contributed by atoms with E-state index in [0.717, 1.165) is 25.9 Å². The average Bonchev–Trinajstić information content (AvgIpc) is 3.72. The number of benzene rings is 2. The Morgan fingerprint density at radius 2 is 1.89 bits per heavy atom. The first kappa shape index (κ1) is 24.1. The number of Topliss-reactive ketones (excluding diaryl/α,β-unsaturated/α-hetero) is 1. The van der Waals surface area contributed by atoms with E-state index in [1.54, 1.807) is 54.7 Å². The second-order valence-corrected chi connectivity index (χ2v) is 9.13. The second-order valence-electron chi connectivity index (χ2n) is 9.13. The van der Waals surface area contributed by atoms with Crippen molar-refractivity contribution in [2.45, 2.75) is 24.8 Å². The lowest BCUT2D eigenvalue weighted by Gasteiger charge is -2.33. The average molecular weight is 490 g/mol. The van der Waals surface area contributed by atoms with Gasteiger partial charge in [-0.05, 0) is 54.8 Å². The number of aromatic nitrogens is 1. The number of methoxy groups -OCH3 is 1. The van der Waals surface area contributed by atoms with E-state index in [4.69, 9.17) is 9.47 Å². The lowest BCUT2D eigenvalue weighted by molar-refractivity contribution is -0.124. The molecule has 0 spiro atoms. The predicted molar refractivity (Wildman–Crippen MR) is 134 cm³/mol. The zero-order valence-electron chi connectivity index (χ0n) is 20.1. The van der Waals surface area contributed by atoms with E-state index in [0.29, 0.717) is 47.0 Å². The lowest BCUT2D eigenvalue weighted by atomic mass is 10.0. The zero-order valence-corrected chi connectivity index (χ0v) is 20.1. The summed E-state index contributed by atoms with van der Waals surface area (Å²) in [7, 11) is 1.53. The number of ether oxygens (including phenoxy) is 2. The largest absolute Gasteiger partial charge is 0.495 e. The minimum Gasteiger partial charge on any atom is -0.495 e. The third-order valence-electron chi connectivity index (χ3n) is 6.87. The summed E-state index contributed by atoms with van der Waals surface area (Å²) in [5.74, 6) is -0.0556. The van der Waals surface area contributed by atoms with Gasteiger partial charge in [0.25, 0.3) is 0 Å². The van der Waals surface area contributed by atoms with Crippen LogP contribution in [0.5, 0.6) is 5.75 Å². The molecule has 36 heavy (non-hydrogen) atoms. The molecule has 7 nitrogen and oxygen atoms in total. The van der Waals surface area contributed by atoms with Crippen LogP contribution >= 0.6 is 0 Å². The Morgan fingerprint density at radius 1 is 1.11 bits per heavy atom. The van der Waals surface area contributed by atoms with Crippen molar-refractivity contribution in [3.8, 4) is 17.0 Å². The molecular formula is C28H28FN3O4. The number of nitrogens with zero attached hydrogens (tertiary/aromatic N) is 2. The molecule has 1 N–H and O–H groups in total. The van der Waals surface area contributed by atoms with Gasteiger partial charge in [0.05, 0.1) is 31.7 Å². The van der Waals surface area contributed by atoms with Crippen molar-refractivity contribution in [3.05, 3.63) is 77.7 Å². The van der Waals surface area contributed by atoms with Gasteiger partial charge in [0, 0.05) is 36.8 Å². The highest BCUT2D eigenvalue weighted by Crippen LogP contribution is 2.43. The number of amides is 1. The van der Waals surface area contributed by atoms with E-state index in [1.165, 1.54) is 13.2 Å². The Bertz CT molecular complexity index is 1270. The van der Waals surface area contributed by atoms with E-state index in [1.807, 2.05) is 0 Å². The van der Waals surface area contributed by atoms with Gasteiger partial charge in [0.1, 0.15) is 17.1 Å². The molecule has 0 unspecified atom stereocenters. The molecule has 2 heterocycles. The summed E-state index contributed by atoms with van der Waals surface area (Å²) in [6, 6.07) is 15.0. The van der Waals surface area contributed by atoms with E-state index in [-0.39, 0.29) is 23.9 Å². The number of ketones is 1. The molecule has 0 radical (unpaired) electrons. The molecule has 1 aliphatic heterocycles. The molecule has 1 aromatic heterocycles.